The van der Waals surface area contributed by atoms with E-state index in [4.69, 9.17) is 10.8 Å². The number of aromatic hydroxyl groups is 2. The largest absolute Gasteiger partial charge is 0.508 e. The zero-order chi connectivity index (χ0) is 27.5. The fraction of sp³-hybridized carbons (Fsp3) is 0.292. The zero-order valence-electron chi connectivity index (χ0n) is 19.6. The van der Waals surface area contributed by atoms with Crippen molar-refractivity contribution in [1.82, 2.24) is 16.0 Å². The maximum absolute atomic E-state index is 12.9. The second-order valence-electron chi connectivity index (χ2n) is 8.18. The number of nitrogens with one attached hydrogen (secondary N) is 3. The van der Waals surface area contributed by atoms with Gasteiger partial charge in [0.05, 0.1) is 12.5 Å². The molecule has 0 heterocycles. The van der Waals surface area contributed by atoms with Crippen molar-refractivity contribution in [2.24, 2.45) is 5.73 Å². The molecule has 13 heteroatoms. The van der Waals surface area contributed by atoms with Crippen LogP contribution in [0.4, 0.5) is 0 Å². The summed E-state index contributed by atoms with van der Waals surface area (Å²) in [5.41, 5.74) is 7.02. The van der Waals surface area contributed by atoms with Gasteiger partial charge in [0.15, 0.2) is 0 Å². The van der Waals surface area contributed by atoms with Gasteiger partial charge in [0.25, 0.3) is 0 Å². The molecule has 0 aliphatic rings. The predicted octanol–water partition coefficient (Wildman–Crippen LogP) is -1.14. The van der Waals surface area contributed by atoms with E-state index in [2.05, 4.69) is 16.0 Å². The van der Waals surface area contributed by atoms with Crippen LogP contribution in [0.2, 0.25) is 0 Å². The lowest BCUT2D eigenvalue weighted by Gasteiger charge is -2.23. The summed E-state index contributed by atoms with van der Waals surface area (Å²) in [5.74, 6) is -5.41. The molecule has 0 saturated carbocycles. The molecule has 2 aromatic carbocycles. The van der Waals surface area contributed by atoms with Crippen molar-refractivity contribution in [3.8, 4) is 11.5 Å². The summed E-state index contributed by atoms with van der Waals surface area (Å²) < 4.78 is 0. The van der Waals surface area contributed by atoms with Crippen LogP contribution < -0.4 is 21.7 Å². The molecule has 0 radical (unpaired) electrons. The van der Waals surface area contributed by atoms with Crippen molar-refractivity contribution in [2.45, 2.75) is 37.4 Å². The van der Waals surface area contributed by atoms with Gasteiger partial charge in [-0.3, -0.25) is 24.0 Å². The molecular weight excluding hydrogens is 488 g/mol. The van der Waals surface area contributed by atoms with Gasteiger partial charge >= 0.3 is 11.9 Å². The number of carbonyl (C=O) groups is 5. The molecule has 37 heavy (non-hydrogen) atoms. The van der Waals surface area contributed by atoms with Gasteiger partial charge in [0.1, 0.15) is 30.1 Å². The van der Waals surface area contributed by atoms with Crippen LogP contribution in [-0.2, 0) is 36.8 Å². The summed E-state index contributed by atoms with van der Waals surface area (Å²) in [6.07, 6.45) is -0.896. The number of rotatable bonds is 13. The maximum atomic E-state index is 12.9. The first-order valence-corrected chi connectivity index (χ1v) is 11.1. The fourth-order valence-corrected chi connectivity index (χ4v) is 3.28. The fourth-order valence-electron chi connectivity index (χ4n) is 3.28. The van der Waals surface area contributed by atoms with Crippen LogP contribution in [-0.4, -0.2) is 74.8 Å². The number of phenolic OH excluding ortho intramolecular Hbond substituents is 2. The lowest BCUT2D eigenvalue weighted by Crippen LogP contribution is -2.57. The third-order valence-corrected chi connectivity index (χ3v) is 5.16. The van der Waals surface area contributed by atoms with E-state index >= 15 is 0 Å². The SMILES string of the molecule is NC(Cc1ccc(O)cc1)C(=O)NC(CC(=O)O)C(=O)NC(Cc1ccc(O)cc1)C(=O)NCC(=O)O. The van der Waals surface area contributed by atoms with Crippen molar-refractivity contribution in [2.75, 3.05) is 6.54 Å². The summed E-state index contributed by atoms with van der Waals surface area (Å²) in [7, 11) is 0. The first kappa shape index (κ1) is 28.6. The smallest absolute Gasteiger partial charge is 0.322 e. The highest BCUT2D eigenvalue weighted by Crippen LogP contribution is 2.13. The van der Waals surface area contributed by atoms with Gasteiger partial charge in [-0.05, 0) is 41.8 Å². The summed E-state index contributed by atoms with van der Waals surface area (Å²) >= 11 is 0. The van der Waals surface area contributed by atoms with E-state index in [1.165, 1.54) is 36.4 Å². The molecule has 3 atom stereocenters. The number of phenols is 2. The Morgan fingerprint density at radius 3 is 1.65 bits per heavy atom. The summed E-state index contributed by atoms with van der Waals surface area (Å²) in [6.45, 7) is -0.720. The van der Waals surface area contributed by atoms with Crippen LogP contribution in [0, 0.1) is 0 Å². The minimum Gasteiger partial charge on any atom is -0.508 e. The molecule has 2 aromatic rings. The van der Waals surface area contributed by atoms with Crippen LogP contribution in [0.25, 0.3) is 0 Å². The molecule has 0 aliphatic carbocycles. The lowest BCUT2D eigenvalue weighted by molar-refractivity contribution is -0.141. The Kier molecular flexibility index (Phi) is 10.4. The molecule has 3 amide bonds. The van der Waals surface area contributed by atoms with Crippen molar-refractivity contribution < 1.29 is 44.4 Å². The summed E-state index contributed by atoms with van der Waals surface area (Å²) in [4.78, 5) is 60.3. The Balaban J connectivity index is 2.14. The molecule has 0 bridgehead atoms. The number of carboxylic acid groups (broad SMARTS) is 2. The summed E-state index contributed by atoms with van der Waals surface area (Å²) in [5, 5.41) is 43.7. The van der Waals surface area contributed by atoms with E-state index in [9.17, 15) is 39.3 Å². The van der Waals surface area contributed by atoms with E-state index in [-0.39, 0.29) is 24.3 Å². The van der Waals surface area contributed by atoms with Gasteiger partial charge < -0.3 is 42.1 Å². The topological polar surface area (TPSA) is 228 Å². The number of hydrogen-bond acceptors (Lipinski definition) is 8. The number of benzene rings is 2. The van der Waals surface area contributed by atoms with E-state index in [0.717, 1.165) is 0 Å². The predicted molar refractivity (Wildman–Crippen MR) is 128 cm³/mol. The Morgan fingerprint density at radius 2 is 1.16 bits per heavy atom. The first-order chi connectivity index (χ1) is 17.4. The lowest BCUT2D eigenvalue weighted by atomic mass is 10.0. The quantitative estimate of drug-likeness (QED) is 0.159. The standard InChI is InChI=1S/C24H28N4O9/c25-17(9-13-1-5-15(29)6-2-13)22(35)27-19(11-20(31)32)24(37)28-18(23(36)26-12-21(33)34)10-14-3-7-16(30)8-4-14/h1-8,17-19,29-30H,9-12,25H2,(H,26,36)(H,27,35)(H,28,37)(H,31,32)(H,33,34). The van der Waals surface area contributed by atoms with Crippen molar-refractivity contribution in [3.63, 3.8) is 0 Å². The van der Waals surface area contributed by atoms with Gasteiger partial charge in [-0.2, -0.15) is 0 Å². The minimum atomic E-state index is -1.59. The maximum Gasteiger partial charge on any atom is 0.322 e. The Morgan fingerprint density at radius 1 is 0.676 bits per heavy atom. The molecule has 13 nitrogen and oxygen atoms in total. The minimum absolute atomic E-state index is 0.0224. The number of carbonyl (C=O) groups excluding carboxylic acids is 3. The molecule has 3 unspecified atom stereocenters. The van der Waals surface area contributed by atoms with E-state index in [1.807, 2.05) is 0 Å². The van der Waals surface area contributed by atoms with Crippen molar-refractivity contribution >= 4 is 29.7 Å². The number of nitrogens with two attached hydrogens (primary N) is 1. The van der Waals surface area contributed by atoms with E-state index < -0.39 is 60.8 Å². The average Bonchev–Trinajstić information content (AvgIpc) is 2.83. The van der Waals surface area contributed by atoms with Gasteiger partial charge in [-0.1, -0.05) is 24.3 Å². The van der Waals surface area contributed by atoms with E-state index in [1.54, 1.807) is 12.1 Å². The molecule has 198 valence electrons. The zero-order valence-corrected chi connectivity index (χ0v) is 19.6. The second kappa shape index (κ2) is 13.4. The summed E-state index contributed by atoms with van der Waals surface area (Å²) in [6, 6.07) is 7.52. The third-order valence-electron chi connectivity index (χ3n) is 5.16. The van der Waals surface area contributed by atoms with Crippen LogP contribution in [0.5, 0.6) is 11.5 Å². The van der Waals surface area contributed by atoms with Gasteiger partial charge in [-0.25, -0.2) is 0 Å². The molecule has 0 aliphatic heterocycles. The molecule has 0 saturated heterocycles. The van der Waals surface area contributed by atoms with Gasteiger partial charge in [0, 0.05) is 6.42 Å². The van der Waals surface area contributed by atoms with Crippen molar-refractivity contribution in [3.05, 3.63) is 59.7 Å². The number of aliphatic carboxylic acids is 2. The highest BCUT2D eigenvalue weighted by atomic mass is 16.4. The molecule has 9 N–H and O–H groups in total. The monoisotopic (exact) mass is 516 g/mol. The van der Waals surface area contributed by atoms with Crippen LogP contribution in [0.15, 0.2) is 48.5 Å². The average molecular weight is 517 g/mol. The third kappa shape index (κ3) is 9.85. The highest BCUT2D eigenvalue weighted by molar-refractivity contribution is 5.95. The Bertz CT molecular complexity index is 1120. The molecule has 0 fully saturated rings. The number of amides is 3. The van der Waals surface area contributed by atoms with Crippen LogP contribution >= 0.6 is 0 Å². The van der Waals surface area contributed by atoms with E-state index in [0.29, 0.717) is 11.1 Å². The number of hydrogen-bond donors (Lipinski definition) is 8. The molecular formula is C24H28N4O9. The Hall–Kier alpha value is -4.65. The molecule has 2 rings (SSSR count). The Labute approximate surface area is 211 Å². The van der Waals surface area contributed by atoms with Crippen molar-refractivity contribution in [1.29, 1.82) is 0 Å². The molecule has 0 aromatic heterocycles. The normalized spacial score (nSPS) is 13.0. The second-order valence-corrected chi connectivity index (χ2v) is 8.18. The highest BCUT2D eigenvalue weighted by Gasteiger charge is 2.30. The first-order valence-electron chi connectivity index (χ1n) is 11.1. The van der Waals surface area contributed by atoms with Crippen LogP contribution in [0.1, 0.15) is 17.5 Å². The van der Waals surface area contributed by atoms with Gasteiger partial charge in [0.2, 0.25) is 17.7 Å². The van der Waals surface area contributed by atoms with Gasteiger partial charge in [-0.15, -0.1) is 0 Å². The molecule has 0 spiro atoms. The van der Waals surface area contributed by atoms with Crippen LogP contribution in [0.3, 0.4) is 0 Å². The number of carboxylic acids is 2.